The van der Waals surface area contributed by atoms with E-state index in [1.54, 1.807) is 12.1 Å². The normalized spacial score (nSPS) is 21.8. The fraction of sp³-hybridized carbons (Fsp3) is 0.600. The van der Waals surface area contributed by atoms with Crippen LogP contribution in [0.4, 0.5) is 5.69 Å². The highest BCUT2D eigenvalue weighted by Gasteiger charge is 2.18. The van der Waals surface area contributed by atoms with Gasteiger partial charge in [-0.25, -0.2) is 0 Å². The molecule has 1 aliphatic rings. The third-order valence-corrected chi connectivity index (χ3v) is 3.73. The summed E-state index contributed by atoms with van der Waals surface area (Å²) in [5.41, 5.74) is 1.11. The number of hydrogen-bond donors (Lipinski definition) is 2. The van der Waals surface area contributed by atoms with Gasteiger partial charge in [0.15, 0.2) is 0 Å². The molecule has 0 aromatic heterocycles. The quantitative estimate of drug-likeness (QED) is 0.807. The zero-order chi connectivity index (χ0) is 13.0. The smallest absolute Gasteiger partial charge is 0.115 e. The average molecular weight is 248 g/mol. The number of hydrogen-bond acceptors (Lipinski definition) is 3. The van der Waals surface area contributed by atoms with Gasteiger partial charge in [0.05, 0.1) is 0 Å². The Labute approximate surface area is 110 Å². The lowest BCUT2D eigenvalue weighted by molar-refractivity contribution is 0.230. The third kappa shape index (κ3) is 3.64. The monoisotopic (exact) mass is 248 g/mol. The molecule has 1 aliphatic heterocycles. The number of aromatic hydroxyl groups is 1. The van der Waals surface area contributed by atoms with Gasteiger partial charge < -0.3 is 15.3 Å². The number of benzene rings is 1. The van der Waals surface area contributed by atoms with Crippen LogP contribution < -0.4 is 5.32 Å². The summed E-state index contributed by atoms with van der Waals surface area (Å²) in [6.45, 7) is 6.93. The number of nitrogens with zero attached hydrogens (tertiary/aromatic N) is 1. The molecular formula is C15H24N2O. The standard InChI is InChI=1S/C15H24N2O/c1-12(2)17-10-3-4-13(9-11-17)16-14-5-7-15(18)8-6-14/h5-8,12-13,16,18H,3-4,9-11H2,1-2H3. The van der Waals surface area contributed by atoms with Crippen LogP contribution >= 0.6 is 0 Å². The minimum atomic E-state index is 0.326. The molecule has 1 unspecified atom stereocenters. The lowest BCUT2D eigenvalue weighted by Gasteiger charge is -2.24. The molecule has 3 nitrogen and oxygen atoms in total. The zero-order valence-electron chi connectivity index (χ0n) is 11.4. The molecule has 0 radical (unpaired) electrons. The van der Waals surface area contributed by atoms with Crippen LogP contribution in [0.2, 0.25) is 0 Å². The van der Waals surface area contributed by atoms with Crippen molar-refractivity contribution in [1.82, 2.24) is 4.90 Å². The first-order chi connectivity index (χ1) is 8.65. The van der Waals surface area contributed by atoms with Crippen LogP contribution in [0.1, 0.15) is 33.1 Å². The summed E-state index contributed by atoms with van der Waals surface area (Å²) in [5, 5.41) is 12.8. The summed E-state index contributed by atoms with van der Waals surface area (Å²) < 4.78 is 0. The van der Waals surface area contributed by atoms with Crippen LogP contribution in [-0.4, -0.2) is 35.2 Å². The molecule has 0 aliphatic carbocycles. The summed E-state index contributed by atoms with van der Waals surface area (Å²) in [4.78, 5) is 2.55. The van der Waals surface area contributed by atoms with E-state index in [1.165, 1.54) is 32.4 Å². The van der Waals surface area contributed by atoms with E-state index in [2.05, 4.69) is 24.1 Å². The molecule has 1 heterocycles. The first-order valence-corrected chi connectivity index (χ1v) is 6.95. The Balaban J connectivity index is 1.88. The van der Waals surface area contributed by atoms with Crippen LogP contribution in [0.3, 0.4) is 0 Å². The predicted octanol–water partition coefficient (Wildman–Crippen LogP) is 3.07. The molecule has 0 saturated carbocycles. The average Bonchev–Trinajstić information content (AvgIpc) is 2.58. The van der Waals surface area contributed by atoms with Gasteiger partial charge in [0.25, 0.3) is 0 Å². The van der Waals surface area contributed by atoms with Crippen molar-refractivity contribution < 1.29 is 5.11 Å². The summed E-state index contributed by atoms with van der Waals surface area (Å²) in [5.74, 6) is 0.326. The van der Waals surface area contributed by atoms with Gasteiger partial charge in [0.2, 0.25) is 0 Å². The SMILES string of the molecule is CC(C)N1CCCC(Nc2ccc(O)cc2)CC1. The van der Waals surface area contributed by atoms with Crippen molar-refractivity contribution in [1.29, 1.82) is 0 Å². The molecule has 1 aromatic carbocycles. The second kappa shape index (κ2) is 6.10. The van der Waals surface area contributed by atoms with Crippen molar-refractivity contribution in [3.8, 4) is 5.75 Å². The molecule has 0 bridgehead atoms. The second-order valence-electron chi connectivity index (χ2n) is 5.45. The topological polar surface area (TPSA) is 35.5 Å². The van der Waals surface area contributed by atoms with E-state index in [4.69, 9.17) is 0 Å². The highest BCUT2D eigenvalue weighted by Crippen LogP contribution is 2.19. The lowest BCUT2D eigenvalue weighted by Crippen LogP contribution is -2.32. The third-order valence-electron chi connectivity index (χ3n) is 3.73. The van der Waals surface area contributed by atoms with E-state index in [0.717, 1.165) is 5.69 Å². The minimum absolute atomic E-state index is 0.326. The Hall–Kier alpha value is -1.22. The Morgan fingerprint density at radius 1 is 1.17 bits per heavy atom. The van der Waals surface area contributed by atoms with E-state index < -0.39 is 0 Å². The first-order valence-electron chi connectivity index (χ1n) is 6.95. The number of phenols is 1. The summed E-state index contributed by atoms with van der Waals surface area (Å²) in [7, 11) is 0. The van der Waals surface area contributed by atoms with Crippen LogP contribution in [0.5, 0.6) is 5.75 Å². The number of likely N-dealkylation sites (tertiary alicyclic amines) is 1. The van der Waals surface area contributed by atoms with Crippen molar-refractivity contribution in [2.75, 3.05) is 18.4 Å². The maximum Gasteiger partial charge on any atom is 0.115 e. The molecule has 0 amide bonds. The van der Waals surface area contributed by atoms with Crippen LogP contribution in [-0.2, 0) is 0 Å². The lowest BCUT2D eigenvalue weighted by atomic mass is 10.1. The van der Waals surface area contributed by atoms with Crippen molar-refractivity contribution in [3.63, 3.8) is 0 Å². The van der Waals surface area contributed by atoms with Crippen molar-refractivity contribution in [3.05, 3.63) is 24.3 Å². The van der Waals surface area contributed by atoms with Gasteiger partial charge in [-0.05, 0) is 63.9 Å². The number of anilines is 1. The van der Waals surface area contributed by atoms with Gasteiger partial charge in [-0.15, -0.1) is 0 Å². The van der Waals surface area contributed by atoms with Gasteiger partial charge in [-0.3, -0.25) is 0 Å². The van der Waals surface area contributed by atoms with E-state index in [0.29, 0.717) is 17.8 Å². The maximum absolute atomic E-state index is 9.27. The molecule has 2 rings (SSSR count). The van der Waals surface area contributed by atoms with E-state index in [9.17, 15) is 5.11 Å². The largest absolute Gasteiger partial charge is 0.508 e. The molecule has 1 saturated heterocycles. The first kappa shape index (κ1) is 13.2. The molecule has 3 heteroatoms. The molecular weight excluding hydrogens is 224 g/mol. The van der Waals surface area contributed by atoms with Crippen LogP contribution in [0, 0.1) is 0 Å². The number of phenolic OH excluding ortho intramolecular Hbond substituents is 1. The van der Waals surface area contributed by atoms with Crippen molar-refractivity contribution in [2.24, 2.45) is 0 Å². The van der Waals surface area contributed by atoms with Gasteiger partial charge >= 0.3 is 0 Å². The summed E-state index contributed by atoms with van der Waals surface area (Å²) in [6, 6.07) is 8.57. The molecule has 2 N–H and O–H groups in total. The Morgan fingerprint density at radius 2 is 1.89 bits per heavy atom. The second-order valence-corrected chi connectivity index (χ2v) is 5.45. The van der Waals surface area contributed by atoms with Crippen LogP contribution in [0.25, 0.3) is 0 Å². The maximum atomic E-state index is 9.27. The van der Waals surface area contributed by atoms with Gasteiger partial charge in [0, 0.05) is 24.3 Å². The molecule has 18 heavy (non-hydrogen) atoms. The Bertz CT molecular complexity index is 361. The summed E-state index contributed by atoms with van der Waals surface area (Å²) >= 11 is 0. The molecule has 1 atom stereocenters. The van der Waals surface area contributed by atoms with Crippen molar-refractivity contribution >= 4 is 5.69 Å². The molecule has 1 fully saturated rings. The Kier molecular flexibility index (Phi) is 4.48. The van der Waals surface area contributed by atoms with E-state index >= 15 is 0 Å². The molecule has 0 spiro atoms. The van der Waals surface area contributed by atoms with E-state index in [1.807, 2.05) is 12.1 Å². The van der Waals surface area contributed by atoms with E-state index in [-0.39, 0.29) is 0 Å². The minimum Gasteiger partial charge on any atom is -0.508 e. The predicted molar refractivity (Wildman–Crippen MR) is 76.1 cm³/mol. The van der Waals surface area contributed by atoms with Gasteiger partial charge in [0.1, 0.15) is 5.75 Å². The molecule has 1 aromatic rings. The number of rotatable bonds is 3. The highest BCUT2D eigenvalue weighted by molar-refractivity contribution is 5.46. The number of nitrogens with one attached hydrogen (secondary N) is 1. The highest BCUT2D eigenvalue weighted by atomic mass is 16.3. The van der Waals surface area contributed by atoms with Crippen LogP contribution in [0.15, 0.2) is 24.3 Å². The Morgan fingerprint density at radius 3 is 2.56 bits per heavy atom. The zero-order valence-corrected chi connectivity index (χ0v) is 11.4. The van der Waals surface area contributed by atoms with Gasteiger partial charge in [-0.1, -0.05) is 0 Å². The van der Waals surface area contributed by atoms with Gasteiger partial charge in [-0.2, -0.15) is 0 Å². The summed E-state index contributed by atoms with van der Waals surface area (Å²) in [6.07, 6.45) is 3.68. The fourth-order valence-electron chi connectivity index (χ4n) is 2.57. The fourth-order valence-corrected chi connectivity index (χ4v) is 2.57. The molecule has 100 valence electrons. The van der Waals surface area contributed by atoms with Crippen molar-refractivity contribution in [2.45, 2.75) is 45.2 Å².